The Morgan fingerprint density at radius 2 is 1.71 bits per heavy atom. The summed E-state index contributed by atoms with van der Waals surface area (Å²) in [6.45, 7) is -0.0618. The van der Waals surface area contributed by atoms with Crippen molar-refractivity contribution in [2.45, 2.75) is 12.7 Å². The number of imidazole rings is 1. The van der Waals surface area contributed by atoms with Crippen molar-refractivity contribution in [3.8, 4) is 23.3 Å². The molecule has 174 valence electrons. The molecule has 0 amide bonds. The van der Waals surface area contributed by atoms with Crippen LogP contribution in [0.5, 0.6) is 0 Å². The third kappa shape index (κ3) is 4.99. The lowest BCUT2D eigenvalue weighted by Gasteiger charge is -2.21. The number of ether oxygens (including phenoxy) is 1. The first-order valence-electron chi connectivity index (χ1n) is 10.5. The Labute approximate surface area is 212 Å². The number of hydrogen-bond donors (Lipinski definition) is 0. The number of rotatable bonds is 6. The van der Waals surface area contributed by atoms with Gasteiger partial charge < -0.3 is 13.9 Å². The van der Waals surface area contributed by atoms with E-state index in [1.165, 1.54) is 4.57 Å². The first-order valence-corrected chi connectivity index (χ1v) is 11.2. The van der Waals surface area contributed by atoms with E-state index >= 15 is 0 Å². The maximum atomic E-state index is 13.3. The molecule has 4 rings (SSSR count). The Morgan fingerprint density at radius 1 is 1.03 bits per heavy atom. The second-order valence-electron chi connectivity index (χ2n) is 7.91. The van der Waals surface area contributed by atoms with Gasteiger partial charge in [0.1, 0.15) is 17.9 Å². The maximum Gasteiger partial charge on any atom is 0.257 e. The van der Waals surface area contributed by atoms with E-state index in [-0.39, 0.29) is 17.9 Å². The largest absolute Gasteiger partial charge is 0.362 e. The molecule has 1 atom stereocenters. The third-order valence-electron chi connectivity index (χ3n) is 5.68. The van der Waals surface area contributed by atoms with Gasteiger partial charge in [-0.15, -0.1) is 0 Å². The van der Waals surface area contributed by atoms with Crippen LogP contribution in [-0.2, 0) is 25.4 Å². The number of halogens is 2. The number of pyridine rings is 1. The molecule has 1 unspecified atom stereocenters. The number of aromatic nitrogens is 3. The van der Waals surface area contributed by atoms with Crippen LogP contribution in [0.3, 0.4) is 0 Å². The van der Waals surface area contributed by atoms with Crippen molar-refractivity contribution in [2.24, 2.45) is 14.1 Å². The average molecular weight is 504 g/mol. The van der Waals surface area contributed by atoms with Crippen LogP contribution >= 0.6 is 23.2 Å². The van der Waals surface area contributed by atoms with Crippen LogP contribution in [0.2, 0.25) is 10.0 Å². The fourth-order valence-electron chi connectivity index (χ4n) is 3.83. The molecule has 0 saturated heterocycles. The Kier molecular flexibility index (Phi) is 7.04. The van der Waals surface area contributed by atoms with Crippen molar-refractivity contribution in [3.63, 3.8) is 0 Å². The lowest BCUT2D eigenvalue weighted by Crippen LogP contribution is -2.25. The van der Waals surface area contributed by atoms with Gasteiger partial charge in [-0.1, -0.05) is 35.3 Å². The van der Waals surface area contributed by atoms with E-state index in [1.807, 2.05) is 23.7 Å². The lowest BCUT2D eigenvalue weighted by molar-refractivity contribution is 0.0616. The number of aryl methyl sites for hydroxylation is 1. The fraction of sp³-hybridized carbons (Fsp3) is 0.154. The van der Waals surface area contributed by atoms with Crippen LogP contribution in [0.1, 0.15) is 34.2 Å². The zero-order chi connectivity index (χ0) is 25.1. The fourth-order valence-corrected chi connectivity index (χ4v) is 4.36. The van der Waals surface area contributed by atoms with E-state index in [1.54, 1.807) is 56.0 Å². The Morgan fingerprint density at radius 3 is 2.29 bits per heavy atom. The van der Waals surface area contributed by atoms with Crippen LogP contribution in [0.15, 0.2) is 65.8 Å². The lowest BCUT2D eigenvalue weighted by atomic mass is 10.00. The number of hydrogen-bond acceptors (Lipinski definition) is 5. The van der Waals surface area contributed by atoms with E-state index in [2.05, 4.69) is 17.1 Å². The maximum absolute atomic E-state index is 13.3. The van der Waals surface area contributed by atoms with E-state index < -0.39 is 6.10 Å². The minimum absolute atomic E-state index is 0.0618. The van der Waals surface area contributed by atoms with Gasteiger partial charge in [0.2, 0.25) is 0 Å². The second-order valence-corrected chi connectivity index (χ2v) is 8.78. The quantitative estimate of drug-likeness (QED) is 0.362. The number of benzene rings is 2. The predicted octanol–water partition coefficient (Wildman–Crippen LogP) is 5.14. The van der Waals surface area contributed by atoms with Gasteiger partial charge in [0, 0.05) is 24.1 Å². The third-order valence-corrected chi connectivity index (χ3v) is 6.11. The molecule has 0 saturated carbocycles. The van der Waals surface area contributed by atoms with Crippen LogP contribution in [-0.4, -0.2) is 14.1 Å². The van der Waals surface area contributed by atoms with Crippen LogP contribution in [0.25, 0.3) is 11.1 Å². The van der Waals surface area contributed by atoms with Crippen molar-refractivity contribution in [3.05, 3.63) is 110 Å². The van der Waals surface area contributed by atoms with Crippen molar-refractivity contribution < 1.29 is 4.74 Å². The van der Waals surface area contributed by atoms with Crippen LogP contribution in [0.4, 0.5) is 0 Å². The minimum Gasteiger partial charge on any atom is -0.362 e. The molecule has 35 heavy (non-hydrogen) atoms. The highest BCUT2D eigenvalue weighted by Gasteiger charge is 2.22. The molecule has 0 aliphatic carbocycles. The molecule has 2 aromatic carbocycles. The molecule has 2 heterocycles. The predicted molar refractivity (Wildman–Crippen MR) is 133 cm³/mol. The summed E-state index contributed by atoms with van der Waals surface area (Å²) < 4.78 is 9.46. The first-order chi connectivity index (χ1) is 16.8. The monoisotopic (exact) mass is 503 g/mol. The number of nitriles is 2. The Balaban J connectivity index is 1.81. The minimum atomic E-state index is -0.564. The van der Waals surface area contributed by atoms with Gasteiger partial charge in [-0.3, -0.25) is 4.79 Å². The molecule has 0 bridgehead atoms. The molecule has 9 heteroatoms. The van der Waals surface area contributed by atoms with Crippen LogP contribution in [0, 0.1) is 22.7 Å². The summed E-state index contributed by atoms with van der Waals surface area (Å²) in [5.41, 5.74) is 3.39. The molecule has 0 aliphatic heterocycles. The van der Waals surface area contributed by atoms with Gasteiger partial charge in [0.25, 0.3) is 5.56 Å². The van der Waals surface area contributed by atoms with Crippen LogP contribution < -0.4 is 5.56 Å². The Hall–Kier alpha value is -3.88. The SMILES string of the molecule is Cn1cncc1C(OCc1c(-c2cc(Cl)cc(Cl)c2)cc(C#N)n(C)c1=O)c1ccc(C#N)cc1. The summed E-state index contributed by atoms with van der Waals surface area (Å²) in [7, 11) is 3.39. The summed E-state index contributed by atoms with van der Waals surface area (Å²) >= 11 is 12.4. The average Bonchev–Trinajstić information content (AvgIpc) is 3.27. The van der Waals surface area contributed by atoms with Gasteiger partial charge in [-0.25, -0.2) is 4.98 Å². The first kappa shape index (κ1) is 24.3. The summed E-state index contributed by atoms with van der Waals surface area (Å²) in [4.78, 5) is 17.5. The molecule has 7 nitrogen and oxygen atoms in total. The van der Waals surface area contributed by atoms with Gasteiger partial charge in [0.15, 0.2) is 0 Å². The van der Waals surface area contributed by atoms with Crippen molar-refractivity contribution in [2.75, 3.05) is 0 Å². The molecule has 0 fully saturated rings. The van der Waals surface area contributed by atoms with Crippen molar-refractivity contribution >= 4 is 23.2 Å². The van der Waals surface area contributed by atoms with E-state index in [9.17, 15) is 10.1 Å². The van der Waals surface area contributed by atoms with E-state index in [0.717, 1.165) is 11.3 Å². The highest BCUT2D eigenvalue weighted by Crippen LogP contribution is 2.32. The van der Waals surface area contributed by atoms with Gasteiger partial charge in [-0.05, 0) is 53.1 Å². The summed E-state index contributed by atoms with van der Waals surface area (Å²) in [5, 5.41) is 19.5. The summed E-state index contributed by atoms with van der Waals surface area (Å²) in [6, 6.07) is 17.8. The molecule has 0 spiro atoms. The number of nitrogens with zero attached hydrogens (tertiary/aromatic N) is 5. The molecule has 0 N–H and O–H groups in total. The molecule has 0 aliphatic rings. The summed E-state index contributed by atoms with van der Waals surface area (Å²) in [6.07, 6.45) is 2.79. The zero-order valence-electron chi connectivity index (χ0n) is 18.9. The molecular formula is C26H19Cl2N5O2. The highest BCUT2D eigenvalue weighted by molar-refractivity contribution is 6.35. The van der Waals surface area contributed by atoms with Gasteiger partial charge in [0.05, 0.1) is 42.0 Å². The Bertz CT molecular complexity index is 1520. The zero-order valence-corrected chi connectivity index (χ0v) is 20.4. The molecule has 2 aromatic heterocycles. The summed E-state index contributed by atoms with van der Waals surface area (Å²) in [5.74, 6) is 0. The van der Waals surface area contributed by atoms with Gasteiger partial charge in [-0.2, -0.15) is 10.5 Å². The normalized spacial score (nSPS) is 11.6. The van der Waals surface area contributed by atoms with Gasteiger partial charge >= 0.3 is 0 Å². The van der Waals surface area contributed by atoms with E-state index in [4.69, 9.17) is 33.2 Å². The molecule has 0 radical (unpaired) electrons. The molecular weight excluding hydrogens is 485 g/mol. The van der Waals surface area contributed by atoms with Crippen molar-refractivity contribution in [1.82, 2.24) is 14.1 Å². The highest BCUT2D eigenvalue weighted by atomic mass is 35.5. The topological polar surface area (TPSA) is 96.6 Å². The van der Waals surface area contributed by atoms with Crippen molar-refractivity contribution in [1.29, 1.82) is 10.5 Å². The smallest absolute Gasteiger partial charge is 0.257 e. The molecule has 4 aromatic rings. The standard InChI is InChI=1S/C26H19Cl2N5O2/c1-32-15-31-13-24(32)25(17-5-3-16(11-29)4-6-17)35-14-23-22(10-21(12-30)33(2)26(23)34)18-7-19(27)9-20(28)8-18/h3-10,13,15,25H,14H2,1-2H3. The second kappa shape index (κ2) is 10.2. The van der Waals surface area contributed by atoms with E-state index in [0.29, 0.717) is 32.3 Å².